The van der Waals surface area contributed by atoms with E-state index in [9.17, 15) is 9.59 Å². The Balaban J connectivity index is 2.43. The Kier molecular flexibility index (Phi) is 4.33. The summed E-state index contributed by atoms with van der Waals surface area (Å²) in [4.78, 5) is 26.2. The Morgan fingerprint density at radius 2 is 2.05 bits per heavy atom. The topological polar surface area (TPSA) is 49.4 Å². The zero-order valence-corrected chi connectivity index (χ0v) is 12.7. The average molecular weight is 295 g/mol. The minimum Gasteiger partial charge on any atom is -0.342 e. The van der Waals surface area contributed by atoms with Crippen LogP contribution in [-0.4, -0.2) is 23.9 Å². The third-order valence-electron chi connectivity index (χ3n) is 3.63. The van der Waals surface area contributed by atoms with Gasteiger partial charge in [0.2, 0.25) is 11.8 Å². The van der Waals surface area contributed by atoms with Crippen LogP contribution in [0.25, 0.3) is 0 Å². The summed E-state index contributed by atoms with van der Waals surface area (Å²) in [5.74, 6) is -0.188. The molecule has 1 saturated heterocycles. The summed E-state index contributed by atoms with van der Waals surface area (Å²) in [5.41, 5.74) is 1.64. The van der Waals surface area contributed by atoms with Gasteiger partial charge in [-0.3, -0.25) is 14.5 Å². The Labute approximate surface area is 124 Å². The first-order valence-corrected chi connectivity index (χ1v) is 7.23. The van der Waals surface area contributed by atoms with Gasteiger partial charge in [-0.25, -0.2) is 0 Å². The smallest absolute Gasteiger partial charge is 0.250 e. The maximum absolute atomic E-state index is 12.6. The monoisotopic (exact) mass is 294 g/mol. The molecule has 0 saturated carbocycles. The minimum absolute atomic E-state index is 0.0654. The van der Waals surface area contributed by atoms with E-state index in [1.54, 1.807) is 24.0 Å². The number of piperazine rings is 1. The molecule has 2 rings (SSSR count). The molecule has 5 heteroatoms. The van der Waals surface area contributed by atoms with Crippen molar-refractivity contribution in [3.8, 4) is 0 Å². The summed E-state index contributed by atoms with van der Waals surface area (Å²) in [5, 5.41) is 3.35. The average Bonchev–Trinajstić information content (AvgIpc) is 2.40. The van der Waals surface area contributed by atoms with Crippen LogP contribution in [0.5, 0.6) is 0 Å². The molecule has 0 radical (unpaired) electrons. The van der Waals surface area contributed by atoms with Crippen LogP contribution in [0, 0.1) is 6.92 Å². The Morgan fingerprint density at radius 3 is 2.70 bits per heavy atom. The fraction of sp³-hybridized carbons (Fsp3) is 0.467. The minimum atomic E-state index is -0.521. The van der Waals surface area contributed by atoms with Crippen LogP contribution >= 0.6 is 11.6 Å². The van der Waals surface area contributed by atoms with E-state index in [2.05, 4.69) is 5.32 Å². The van der Waals surface area contributed by atoms with Gasteiger partial charge in [-0.2, -0.15) is 0 Å². The van der Waals surface area contributed by atoms with Gasteiger partial charge < -0.3 is 5.32 Å². The van der Waals surface area contributed by atoms with Crippen LogP contribution in [-0.2, 0) is 9.59 Å². The molecule has 1 aromatic carbocycles. The number of hydrogen-bond donors (Lipinski definition) is 1. The Hall–Kier alpha value is -1.55. The van der Waals surface area contributed by atoms with E-state index in [0.29, 0.717) is 17.1 Å². The van der Waals surface area contributed by atoms with Gasteiger partial charge in [0, 0.05) is 10.7 Å². The Bertz CT molecular complexity index is 545. The summed E-state index contributed by atoms with van der Waals surface area (Å²) in [6.07, 6.45) is 1.49. The van der Waals surface area contributed by atoms with E-state index in [1.807, 2.05) is 19.9 Å². The van der Waals surface area contributed by atoms with Gasteiger partial charge in [0.15, 0.2) is 0 Å². The molecule has 2 atom stereocenters. The van der Waals surface area contributed by atoms with Crippen LogP contribution in [0.4, 0.5) is 5.69 Å². The molecule has 1 aliphatic rings. The van der Waals surface area contributed by atoms with Crippen molar-refractivity contribution in [2.75, 3.05) is 4.90 Å². The van der Waals surface area contributed by atoms with Gasteiger partial charge in [0.1, 0.15) is 12.1 Å². The van der Waals surface area contributed by atoms with Crippen molar-refractivity contribution in [2.24, 2.45) is 0 Å². The number of halogens is 1. The predicted octanol–water partition coefficient (Wildman–Crippen LogP) is 2.67. The lowest BCUT2D eigenvalue weighted by molar-refractivity contribution is -0.133. The third-order valence-corrected chi connectivity index (χ3v) is 3.86. The molecule has 0 aliphatic carbocycles. The molecule has 1 aromatic rings. The standard InChI is InChI=1S/C15H19ClN2O2/c1-4-5-12-15(20)18(10(3)14(19)17-12)13-8-11(16)7-6-9(13)2/h6-8,10,12H,4-5H2,1-3H3,(H,17,19). The van der Waals surface area contributed by atoms with Gasteiger partial charge in [0.25, 0.3) is 0 Å². The van der Waals surface area contributed by atoms with Crippen molar-refractivity contribution in [2.45, 2.75) is 45.7 Å². The number of carbonyl (C=O) groups excluding carboxylic acids is 2. The molecule has 2 unspecified atom stereocenters. The van der Waals surface area contributed by atoms with Crippen LogP contribution in [0.15, 0.2) is 18.2 Å². The molecule has 4 nitrogen and oxygen atoms in total. The molecule has 108 valence electrons. The lowest BCUT2D eigenvalue weighted by Gasteiger charge is -2.38. The third kappa shape index (κ3) is 2.66. The second-order valence-electron chi connectivity index (χ2n) is 5.16. The maximum atomic E-state index is 12.6. The number of amides is 2. The molecular weight excluding hydrogens is 276 g/mol. The normalized spacial score (nSPS) is 22.9. The second kappa shape index (κ2) is 5.83. The lowest BCUT2D eigenvalue weighted by Crippen LogP contribution is -2.62. The fourth-order valence-corrected chi connectivity index (χ4v) is 2.65. The highest BCUT2D eigenvalue weighted by Crippen LogP contribution is 2.28. The second-order valence-corrected chi connectivity index (χ2v) is 5.60. The molecule has 0 spiro atoms. The molecule has 2 amide bonds. The van der Waals surface area contributed by atoms with Crippen molar-refractivity contribution >= 4 is 29.1 Å². The zero-order chi connectivity index (χ0) is 14.9. The molecule has 0 aromatic heterocycles. The van der Waals surface area contributed by atoms with E-state index in [-0.39, 0.29) is 11.8 Å². The molecule has 1 aliphatic heterocycles. The molecule has 20 heavy (non-hydrogen) atoms. The quantitative estimate of drug-likeness (QED) is 0.932. The van der Waals surface area contributed by atoms with Crippen molar-refractivity contribution in [3.05, 3.63) is 28.8 Å². The van der Waals surface area contributed by atoms with E-state index in [0.717, 1.165) is 12.0 Å². The number of nitrogens with zero attached hydrogens (tertiary/aromatic N) is 1. The van der Waals surface area contributed by atoms with Crippen molar-refractivity contribution < 1.29 is 9.59 Å². The summed E-state index contributed by atoms with van der Waals surface area (Å²) < 4.78 is 0. The number of anilines is 1. The van der Waals surface area contributed by atoms with Gasteiger partial charge in [-0.05, 0) is 38.0 Å². The Morgan fingerprint density at radius 1 is 1.35 bits per heavy atom. The number of nitrogens with one attached hydrogen (secondary N) is 1. The number of benzene rings is 1. The summed E-state index contributed by atoms with van der Waals surface area (Å²) in [6.45, 7) is 5.63. The zero-order valence-electron chi connectivity index (χ0n) is 11.9. The molecule has 1 fully saturated rings. The first kappa shape index (κ1) is 14.9. The SMILES string of the molecule is CCCC1NC(=O)C(C)N(c2cc(Cl)ccc2C)C1=O. The van der Waals surface area contributed by atoms with Gasteiger partial charge in [-0.1, -0.05) is 31.0 Å². The van der Waals surface area contributed by atoms with Crippen LogP contribution in [0.2, 0.25) is 5.02 Å². The number of rotatable bonds is 3. The first-order valence-electron chi connectivity index (χ1n) is 6.85. The van der Waals surface area contributed by atoms with Gasteiger partial charge >= 0.3 is 0 Å². The molecule has 1 heterocycles. The molecule has 0 bridgehead atoms. The highest BCUT2D eigenvalue weighted by Gasteiger charge is 2.38. The van der Waals surface area contributed by atoms with Crippen molar-refractivity contribution in [3.63, 3.8) is 0 Å². The maximum Gasteiger partial charge on any atom is 0.250 e. The summed E-state index contributed by atoms with van der Waals surface area (Å²) in [6, 6.07) is 4.42. The van der Waals surface area contributed by atoms with Crippen LogP contribution in [0.3, 0.4) is 0 Å². The fourth-order valence-electron chi connectivity index (χ4n) is 2.48. The largest absolute Gasteiger partial charge is 0.342 e. The van der Waals surface area contributed by atoms with Crippen molar-refractivity contribution in [1.29, 1.82) is 0 Å². The van der Waals surface area contributed by atoms with E-state index in [4.69, 9.17) is 11.6 Å². The first-order chi connectivity index (χ1) is 9.45. The summed E-state index contributed by atoms with van der Waals surface area (Å²) in [7, 11) is 0. The molecular formula is C15H19ClN2O2. The van der Waals surface area contributed by atoms with E-state index < -0.39 is 12.1 Å². The van der Waals surface area contributed by atoms with E-state index in [1.165, 1.54) is 0 Å². The highest BCUT2D eigenvalue weighted by atomic mass is 35.5. The number of carbonyl (C=O) groups is 2. The van der Waals surface area contributed by atoms with Gasteiger partial charge in [-0.15, -0.1) is 0 Å². The predicted molar refractivity (Wildman–Crippen MR) is 80.0 cm³/mol. The van der Waals surface area contributed by atoms with Crippen LogP contribution in [0.1, 0.15) is 32.3 Å². The lowest BCUT2D eigenvalue weighted by atomic mass is 10.0. The number of aryl methyl sites for hydroxylation is 1. The van der Waals surface area contributed by atoms with Crippen molar-refractivity contribution in [1.82, 2.24) is 5.32 Å². The van der Waals surface area contributed by atoms with E-state index >= 15 is 0 Å². The summed E-state index contributed by atoms with van der Waals surface area (Å²) >= 11 is 6.03. The van der Waals surface area contributed by atoms with Gasteiger partial charge in [0.05, 0.1) is 0 Å². The highest BCUT2D eigenvalue weighted by molar-refractivity contribution is 6.31. The number of hydrogen-bond acceptors (Lipinski definition) is 2. The molecule has 1 N–H and O–H groups in total. The van der Waals surface area contributed by atoms with Crippen LogP contribution < -0.4 is 10.2 Å².